The summed E-state index contributed by atoms with van der Waals surface area (Å²) in [6.45, 7) is 3.33. The highest BCUT2D eigenvalue weighted by Gasteiger charge is 2.24. The quantitative estimate of drug-likeness (QED) is 0.513. The lowest BCUT2D eigenvalue weighted by Crippen LogP contribution is -2.40. The summed E-state index contributed by atoms with van der Waals surface area (Å²) in [5, 5.41) is 13.2. The van der Waals surface area contributed by atoms with Gasteiger partial charge < -0.3 is 25.8 Å². The molecule has 1 aliphatic heterocycles. The van der Waals surface area contributed by atoms with Crippen molar-refractivity contribution in [3.05, 3.63) is 58.2 Å². The molecular formula is C24H31ClN4O4. The largest absolute Gasteiger partial charge is 0.473 e. The van der Waals surface area contributed by atoms with Gasteiger partial charge in [0.15, 0.2) is 0 Å². The maximum absolute atomic E-state index is 12.7. The molecule has 0 spiro atoms. The number of nitrogens with two attached hydrogens (primary N) is 1. The van der Waals surface area contributed by atoms with Crippen molar-refractivity contribution in [3.63, 3.8) is 0 Å². The van der Waals surface area contributed by atoms with E-state index in [-0.39, 0.29) is 35.0 Å². The number of ether oxygens (including phenoxy) is 1. The summed E-state index contributed by atoms with van der Waals surface area (Å²) in [6, 6.07) is 9.37. The summed E-state index contributed by atoms with van der Waals surface area (Å²) >= 11 is 6.40. The Bertz CT molecular complexity index is 963. The van der Waals surface area contributed by atoms with E-state index in [1.807, 2.05) is 24.3 Å². The van der Waals surface area contributed by atoms with E-state index in [0.29, 0.717) is 45.3 Å². The molecule has 2 amide bonds. The topological polar surface area (TPSA) is 118 Å². The highest BCUT2D eigenvalue weighted by molar-refractivity contribution is 6.35. The Morgan fingerprint density at radius 2 is 1.97 bits per heavy atom. The second-order valence-corrected chi connectivity index (χ2v) is 8.55. The molecule has 1 atom stereocenters. The average Bonchev–Trinajstić information content (AvgIpc) is 2.83. The lowest BCUT2D eigenvalue weighted by atomic mass is 10.0. The first-order chi connectivity index (χ1) is 15.9. The summed E-state index contributed by atoms with van der Waals surface area (Å²) in [5.74, 6) is -0.154. The fourth-order valence-electron chi connectivity index (χ4n) is 3.86. The molecule has 1 aromatic heterocycles. The maximum Gasteiger partial charge on any atom is 0.253 e. The number of hydrogen-bond donors (Lipinski definition) is 3. The van der Waals surface area contributed by atoms with Gasteiger partial charge in [-0.1, -0.05) is 35.9 Å². The second-order valence-electron chi connectivity index (χ2n) is 8.18. The predicted octanol–water partition coefficient (Wildman–Crippen LogP) is 2.31. The van der Waals surface area contributed by atoms with Crippen molar-refractivity contribution in [2.75, 3.05) is 19.6 Å². The summed E-state index contributed by atoms with van der Waals surface area (Å²) in [5.41, 5.74) is 8.15. The molecule has 1 aromatic carbocycles. The minimum Gasteiger partial charge on any atom is -0.473 e. The molecule has 2 aromatic rings. The molecule has 4 N–H and O–H groups in total. The number of aliphatic hydroxyl groups is 1. The van der Waals surface area contributed by atoms with Gasteiger partial charge in [-0.15, -0.1) is 0 Å². The van der Waals surface area contributed by atoms with Crippen LogP contribution in [-0.2, 0) is 17.8 Å². The first-order valence-electron chi connectivity index (χ1n) is 11.2. The van der Waals surface area contributed by atoms with Crippen molar-refractivity contribution in [1.29, 1.82) is 0 Å². The van der Waals surface area contributed by atoms with Gasteiger partial charge in [-0.3, -0.25) is 9.59 Å². The zero-order chi connectivity index (χ0) is 23.8. The average molecular weight is 475 g/mol. The molecule has 1 aliphatic rings. The van der Waals surface area contributed by atoms with Crippen LogP contribution in [0.15, 0.2) is 36.5 Å². The molecule has 1 fully saturated rings. The number of likely N-dealkylation sites (tertiary alicyclic amines) is 1. The van der Waals surface area contributed by atoms with Gasteiger partial charge in [0.25, 0.3) is 5.91 Å². The van der Waals surface area contributed by atoms with Crippen LogP contribution < -0.4 is 15.8 Å². The van der Waals surface area contributed by atoms with Crippen molar-refractivity contribution >= 4 is 23.4 Å². The van der Waals surface area contributed by atoms with E-state index in [2.05, 4.69) is 10.3 Å². The highest BCUT2D eigenvalue weighted by Crippen LogP contribution is 2.28. The number of aromatic nitrogens is 1. The third-order valence-corrected chi connectivity index (χ3v) is 6.22. The monoisotopic (exact) mass is 474 g/mol. The number of aliphatic hydroxyl groups excluding tert-OH is 1. The number of nitrogens with zero attached hydrogens (tertiary/aromatic N) is 2. The van der Waals surface area contributed by atoms with Crippen LogP contribution in [0.2, 0.25) is 5.02 Å². The van der Waals surface area contributed by atoms with Gasteiger partial charge in [-0.25, -0.2) is 4.98 Å². The van der Waals surface area contributed by atoms with Crippen LogP contribution in [0.3, 0.4) is 0 Å². The smallest absolute Gasteiger partial charge is 0.253 e. The molecule has 8 nitrogen and oxygen atoms in total. The summed E-state index contributed by atoms with van der Waals surface area (Å²) in [6.07, 6.45) is 3.15. The number of aryl methyl sites for hydroxylation is 1. The van der Waals surface area contributed by atoms with Crippen LogP contribution in [0.4, 0.5) is 0 Å². The van der Waals surface area contributed by atoms with Crippen LogP contribution in [0.1, 0.15) is 47.7 Å². The molecule has 0 saturated carbocycles. The number of benzene rings is 1. The number of piperidine rings is 1. The number of halogens is 1. The maximum atomic E-state index is 12.7. The van der Waals surface area contributed by atoms with Crippen LogP contribution in [0.25, 0.3) is 0 Å². The number of rotatable bonds is 9. The Morgan fingerprint density at radius 3 is 2.64 bits per heavy atom. The van der Waals surface area contributed by atoms with Crippen molar-refractivity contribution < 1.29 is 19.4 Å². The van der Waals surface area contributed by atoms with Gasteiger partial charge in [0.05, 0.1) is 11.7 Å². The number of amides is 2. The Hall–Kier alpha value is -2.68. The van der Waals surface area contributed by atoms with E-state index in [4.69, 9.17) is 22.1 Å². The molecule has 3 rings (SSSR count). The Labute approximate surface area is 199 Å². The molecule has 0 bridgehead atoms. The fourth-order valence-corrected chi connectivity index (χ4v) is 4.10. The zero-order valence-electron chi connectivity index (χ0n) is 18.8. The SMILES string of the molecule is CC(=O)N1CCC(Oc2nccc(C(=O)NC[C@@H](O)CCc3ccccc3CN)c2Cl)CC1. The van der Waals surface area contributed by atoms with Gasteiger partial charge in [0.1, 0.15) is 11.1 Å². The number of carbonyl (C=O) groups excluding carboxylic acids is 2. The van der Waals surface area contributed by atoms with Crippen molar-refractivity contribution in [2.24, 2.45) is 5.73 Å². The van der Waals surface area contributed by atoms with E-state index in [1.165, 1.54) is 12.3 Å². The molecule has 1 saturated heterocycles. The molecular weight excluding hydrogens is 444 g/mol. The van der Waals surface area contributed by atoms with E-state index < -0.39 is 12.0 Å². The Balaban J connectivity index is 1.51. The summed E-state index contributed by atoms with van der Waals surface area (Å²) < 4.78 is 5.92. The minimum absolute atomic E-state index is 0.0500. The molecule has 0 radical (unpaired) electrons. The molecule has 2 heterocycles. The van der Waals surface area contributed by atoms with Gasteiger partial charge in [-0.05, 0) is 30.0 Å². The second kappa shape index (κ2) is 12.0. The lowest BCUT2D eigenvalue weighted by molar-refractivity contribution is -0.130. The van der Waals surface area contributed by atoms with Crippen molar-refractivity contribution in [2.45, 2.75) is 51.4 Å². The van der Waals surface area contributed by atoms with Crippen LogP contribution >= 0.6 is 11.6 Å². The van der Waals surface area contributed by atoms with E-state index in [1.54, 1.807) is 11.8 Å². The van der Waals surface area contributed by atoms with Crippen molar-refractivity contribution in [3.8, 4) is 5.88 Å². The van der Waals surface area contributed by atoms with Crippen LogP contribution in [-0.4, -0.2) is 58.6 Å². The number of nitrogens with one attached hydrogen (secondary N) is 1. The zero-order valence-corrected chi connectivity index (χ0v) is 19.6. The first kappa shape index (κ1) is 25.0. The Kier molecular flexibility index (Phi) is 9.05. The van der Waals surface area contributed by atoms with Gasteiger partial charge in [0.2, 0.25) is 11.8 Å². The van der Waals surface area contributed by atoms with Crippen LogP contribution in [0, 0.1) is 0 Å². The van der Waals surface area contributed by atoms with Gasteiger partial charge in [0, 0.05) is 52.1 Å². The normalized spacial score (nSPS) is 15.2. The van der Waals surface area contributed by atoms with Crippen LogP contribution in [0.5, 0.6) is 5.88 Å². The third kappa shape index (κ3) is 6.90. The standard InChI is InChI=1S/C24H31ClN4O4/c1-16(30)29-12-9-20(10-13-29)33-24-22(25)21(8-11-27-24)23(32)28-15-19(31)7-6-17-4-2-3-5-18(17)14-26/h2-5,8,11,19-20,31H,6-7,9-10,12-15,26H2,1H3,(H,28,32)/t19-/m0/s1. The number of hydrogen-bond acceptors (Lipinski definition) is 6. The third-order valence-electron chi connectivity index (χ3n) is 5.85. The highest BCUT2D eigenvalue weighted by atomic mass is 35.5. The number of carbonyl (C=O) groups is 2. The molecule has 178 valence electrons. The van der Waals surface area contributed by atoms with E-state index in [0.717, 1.165) is 11.1 Å². The Morgan fingerprint density at radius 1 is 1.27 bits per heavy atom. The minimum atomic E-state index is -0.706. The lowest BCUT2D eigenvalue weighted by Gasteiger charge is -2.31. The molecule has 0 aliphatic carbocycles. The summed E-state index contributed by atoms with van der Waals surface area (Å²) in [4.78, 5) is 30.1. The molecule has 9 heteroatoms. The van der Waals surface area contributed by atoms with Crippen molar-refractivity contribution in [1.82, 2.24) is 15.2 Å². The summed E-state index contributed by atoms with van der Waals surface area (Å²) in [7, 11) is 0. The van der Waals surface area contributed by atoms with Gasteiger partial charge in [-0.2, -0.15) is 0 Å². The first-order valence-corrected chi connectivity index (χ1v) is 11.6. The fraction of sp³-hybridized carbons (Fsp3) is 0.458. The van der Waals surface area contributed by atoms with E-state index in [9.17, 15) is 14.7 Å². The molecule has 0 unspecified atom stereocenters. The molecule has 33 heavy (non-hydrogen) atoms. The van der Waals surface area contributed by atoms with Gasteiger partial charge >= 0.3 is 0 Å². The number of pyridine rings is 1. The predicted molar refractivity (Wildman–Crippen MR) is 126 cm³/mol. The van der Waals surface area contributed by atoms with E-state index >= 15 is 0 Å².